The molecule has 1 aromatic rings. The van der Waals surface area contributed by atoms with Crippen molar-refractivity contribution in [3.8, 4) is 0 Å². The van der Waals surface area contributed by atoms with Gasteiger partial charge in [0.05, 0.1) is 16.4 Å². The minimum absolute atomic E-state index is 0.473. The van der Waals surface area contributed by atoms with E-state index in [4.69, 9.17) is 11.6 Å². The van der Waals surface area contributed by atoms with Gasteiger partial charge in [0.25, 0.3) is 0 Å². The summed E-state index contributed by atoms with van der Waals surface area (Å²) in [5.74, 6) is 0.681. The topological polar surface area (TPSA) is 33.1 Å². The van der Waals surface area contributed by atoms with Crippen LogP contribution in [0.5, 0.6) is 0 Å². The largest absolute Gasteiger partial charge is 0.308 e. The van der Waals surface area contributed by atoms with Gasteiger partial charge in [0.15, 0.2) is 0 Å². The van der Waals surface area contributed by atoms with E-state index in [9.17, 15) is 0 Å². The average Bonchev–Trinajstić information content (AvgIpc) is 2.60. The Labute approximate surface area is 128 Å². The normalized spacial score (nSPS) is 13.4. The van der Waals surface area contributed by atoms with Crippen LogP contribution in [0.15, 0.2) is 0 Å². The Bertz CT molecular complexity index is 402. The zero-order chi connectivity index (χ0) is 15.3. The van der Waals surface area contributed by atoms with Gasteiger partial charge in [0.2, 0.25) is 0 Å². The van der Waals surface area contributed by atoms with Crippen molar-refractivity contribution in [3.63, 3.8) is 0 Å². The molecule has 0 amide bonds. The van der Waals surface area contributed by atoms with Gasteiger partial charge >= 0.3 is 0 Å². The van der Waals surface area contributed by atoms with E-state index >= 15 is 0 Å². The van der Waals surface area contributed by atoms with Gasteiger partial charge in [-0.1, -0.05) is 32.4 Å². The van der Waals surface area contributed by atoms with Crippen LogP contribution in [0.25, 0.3) is 0 Å². The standard InChI is InChI=1S/C15H29ClN4/c1-7-13-15(16)14(20(6)18-13)9-17-12(8-11(2)3)10-19(4)5/h11-12,17H,7-10H2,1-6H3. The highest BCUT2D eigenvalue weighted by molar-refractivity contribution is 6.31. The van der Waals surface area contributed by atoms with Crippen LogP contribution in [-0.4, -0.2) is 41.4 Å². The number of halogens is 1. The maximum atomic E-state index is 6.39. The molecule has 1 heterocycles. The molecule has 0 aliphatic rings. The Morgan fingerprint density at radius 2 is 2.00 bits per heavy atom. The van der Waals surface area contributed by atoms with Gasteiger partial charge in [-0.2, -0.15) is 5.10 Å². The molecule has 1 rings (SSSR count). The number of aryl methyl sites for hydroxylation is 2. The average molecular weight is 301 g/mol. The van der Waals surface area contributed by atoms with Gasteiger partial charge in [-0.25, -0.2) is 0 Å². The van der Waals surface area contributed by atoms with Gasteiger partial charge in [0.1, 0.15) is 0 Å². The molecular formula is C15H29ClN4. The lowest BCUT2D eigenvalue weighted by molar-refractivity contribution is 0.303. The molecule has 1 atom stereocenters. The summed E-state index contributed by atoms with van der Waals surface area (Å²) in [4.78, 5) is 2.22. The molecule has 20 heavy (non-hydrogen) atoms. The Morgan fingerprint density at radius 1 is 1.35 bits per heavy atom. The fourth-order valence-corrected chi connectivity index (χ4v) is 2.85. The predicted octanol–water partition coefficient (Wildman–Crippen LogP) is 2.70. The molecule has 116 valence electrons. The van der Waals surface area contributed by atoms with Crippen molar-refractivity contribution in [1.82, 2.24) is 20.0 Å². The summed E-state index contributed by atoms with van der Waals surface area (Å²) in [5, 5.41) is 8.91. The zero-order valence-corrected chi connectivity index (χ0v) is 14.5. The van der Waals surface area contributed by atoms with Crippen LogP contribution >= 0.6 is 11.6 Å². The van der Waals surface area contributed by atoms with Gasteiger partial charge < -0.3 is 10.2 Å². The summed E-state index contributed by atoms with van der Waals surface area (Å²) >= 11 is 6.39. The van der Waals surface area contributed by atoms with E-state index in [0.29, 0.717) is 12.0 Å². The minimum Gasteiger partial charge on any atom is -0.308 e. The highest BCUT2D eigenvalue weighted by atomic mass is 35.5. The Hall–Kier alpha value is -0.580. The van der Waals surface area contributed by atoms with Gasteiger partial charge in [0, 0.05) is 26.2 Å². The number of rotatable bonds is 8. The predicted molar refractivity (Wildman–Crippen MR) is 86.2 cm³/mol. The molecule has 0 aliphatic carbocycles. The van der Waals surface area contributed by atoms with Crippen LogP contribution < -0.4 is 5.32 Å². The SMILES string of the molecule is CCc1nn(C)c(CNC(CC(C)C)CN(C)C)c1Cl. The fraction of sp³-hybridized carbons (Fsp3) is 0.800. The maximum absolute atomic E-state index is 6.39. The first-order valence-corrected chi connectivity index (χ1v) is 7.81. The van der Waals surface area contributed by atoms with Crippen molar-refractivity contribution in [2.24, 2.45) is 13.0 Å². The summed E-state index contributed by atoms with van der Waals surface area (Å²) in [6.07, 6.45) is 2.04. The zero-order valence-electron chi connectivity index (χ0n) is 13.7. The van der Waals surface area contributed by atoms with Crippen molar-refractivity contribution in [3.05, 3.63) is 16.4 Å². The first kappa shape index (κ1) is 17.5. The Morgan fingerprint density at radius 3 is 2.45 bits per heavy atom. The smallest absolute Gasteiger partial charge is 0.0863 e. The maximum Gasteiger partial charge on any atom is 0.0863 e. The second-order valence-electron chi connectivity index (χ2n) is 6.15. The molecule has 0 fully saturated rings. The van der Waals surface area contributed by atoms with E-state index in [2.05, 4.69) is 50.2 Å². The van der Waals surface area contributed by atoms with Gasteiger partial charge in [-0.05, 0) is 32.9 Å². The lowest BCUT2D eigenvalue weighted by Gasteiger charge is -2.24. The number of nitrogens with zero attached hydrogens (tertiary/aromatic N) is 3. The number of likely N-dealkylation sites (N-methyl/N-ethyl adjacent to an activating group) is 1. The molecule has 0 spiro atoms. The molecule has 1 N–H and O–H groups in total. The monoisotopic (exact) mass is 300 g/mol. The van der Waals surface area contributed by atoms with E-state index in [-0.39, 0.29) is 0 Å². The molecule has 0 aliphatic heterocycles. The van der Waals surface area contributed by atoms with E-state index in [1.807, 2.05) is 11.7 Å². The van der Waals surface area contributed by atoms with Crippen LogP contribution in [0.2, 0.25) is 5.02 Å². The summed E-state index contributed by atoms with van der Waals surface area (Å²) < 4.78 is 1.90. The second kappa shape index (κ2) is 8.01. The third-order valence-corrected chi connectivity index (χ3v) is 3.84. The molecule has 0 bridgehead atoms. The molecule has 1 aromatic heterocycles. The fourth-order valence-electron chi connectivity index (χ4n) is 2.49. The summed E-state index contributed by atoms with van der Waals surface area (Å²) in [6, 6.07) is 0.473. The number of hydrogen-bond acceptors (Lipinski definition) is 3. The molecule has 1 unspecified atom stereocenters. The lowest BCUT2D eigenvalue weighted by atomic mass is 10.0. The molecule has 0 aromatic carbocycles. The van der Waals surface area contributed by atoms with Crippen molar-refractivity contribution in [2.75, 3.05) is 20.6 Å². The first-order chi connectivity index (χ1) is 9.35. The van der Waals surface area contributed by atoms with Crippen LogP contribution in [-0.2, 0) is 20.0 Å². The van der Waals surface area contributed by atoms with Gasteiger partial charge in [-0.3, -0.25) is 4.68 Å². The number of aromatic nitrogens is 2. The van der Waals surface area contributed by atoms with E-state index in [1.54, 1.807) is 0 Å². The second-order valence-corrected chi connectivity index (χ2v) is 6.53. The van der Waals surface area contributed by atoms with Crippen LogP contribution in [0.4, 0.5) is 0 Å². The molecule has 5 heteroatoms. The number of hydrogen-bond donors (Lipinski definition) is 1. The minimum atomic E-state index is 0.473. The first-order valence-electron chi connectivity index (χ1n) is 7.43. The highest BCUT2D eigenvalue weighted by Gasteiger charge is 2.16. The van der Waals surface area contributed by atoms with Crippen LogP contribution in [0.3, 0.4) is 0 Å². The Kier molecular flexibility index (Phi) is 7.00. The molecular weight excluding hydrogens is 272 g/mol. The van der Waals surface area contributed by atoms with Crippen molar-refractivity contribution in [2.45, 2.75) is 46.2 Å². The molecule has 0 saturated carbocycles. The third kappa shape index (κ3) is 5.08. The van der Waals surface area contributed by atoms with Crippen molar-refractivity contribution >= 4 is 11.6 Å². The quantitative estimate of drug-likeness (QED) is 0.801. The third-order valence-electron chi connectivity index (χ3n) is 3.40. The van der Waals surface area contributed by atoms with Crippen molar-refractivity contribution in [1.29, 1.82) is 0 Å². The molecule has 0 saturated heterocycles. The summed E-state index contributed by atoms with van der Waals surface area (Å²) in [7, 11) is 6.19. The van der Waals surface area contributed by atoms with E-state index < -0.39 is 0 Å². The highest BCUT2D eigenvalue weighted by Crippen LogP contribution is 2.21. The summed E-state index contributed by atoms with van der Waals surface area (Å²) in [6.45, 7) is 8.41. The van der Waals surface area contributed by atoms with Crippen LogP contribution in [0, 0.1) is 5.92 Å². The molecule has 0 radical (unpaired) electrons. The molecule has 4 nitrogen and oxygen atoms in total. The lowest BCUT2D eigenvalue weighted by Crippen LogP contribution is -2.39. The Balaban J connectivity index is 2.69. The van der Waals surface area contributed by atoms with Crippen LogP contribution in [0.1, 0.15) is 38.6 Å². The van der Waals surface area contributed by atoms with Gasteiger partial charge in [-0.15, -0.1) is 0 Å². The van der Waals surface area contributed by atoms with E-state index in [0.717, 1.165) is 42.3 Å². The van der Waals surface area contributed by atoms with E-state index in [1.165, 1.54) is 0 Å². The van der Waals surface area contributed by atoms with Crippen molar-refractivity contribution < 1.29 is 0 Å². The summed E-state index contributed by atoms with van der Waals surface area (Å²) in [5.41, 5.74) is 2.06. The number of nitrogens with one attached hydrogen (secondary N) is 1.